The SMILES string of the molecule is CCCc1nccn1CC(COC)NCC. The summed E-state index contributed by atoms with van der Waals surface area (Å²) in [6.07, 6.45) is 6.10. The lowest BCUT2D eigenvalue weighted by molar-refractivity contribution is 0.159. The number of likely N-dealkylation sites (N-methyl/N-ethyl adjacent to an activating group) is 1. The first-order valence-electron chi connectivity index (χ1n) is 6.04. The van der Waals surface area contributed by atoms with Crippen molar-refractivity contribution in [1.82, 2.24) is 14.9 Å². The minimum Gasteiger partial charge on any atom is -0.383 e. The van der Waals surface area contributed by atoms with E-state index >= 15 is 0 Å². The molecule has 1 rings (SSSR count). The highest BCUT2D eigenvalue weighted by molar-refractivity contribution is 4.93. The molecule has 0 aromatic carbocycles. The molecule has 1 heterocycles. The van der Waals surface area contributed by atoms with Crippen LogP contribution < -0.4 is 5.32 Å². The number of aromatic nitrogens is 2. The van der Waals surface area contributed by atoms with Gasteiger partial charge < -0.3 is 14.6 Å². The fourth-order valence-corrected chi connectivity index (χ4v) is 1.86. The van der Waals surface area contributed by atoms with Crippen molar-refractivity contribution in [3.63, 3.8) is 0 Å². The van der Waals surface area contributed by atoms with Crippen LogP contribution in [0.15, 0.2) is 12.4 Å². The van der Waals surface area contributed by atoms with Crippen molar-refractivity contribution in [3.05, 3.63) is 18.2 Å². The number of nitrogens with one attached hydrogen (secondary N) is 1. The van der Waals surface area contributed by atoms with Crippen LogP contribution in [0.25, 0.3) is 0 Å². The van der Waals surface area contributed by atoms with Crippen LogP contribution in [0.3, 0.4) is 0 Å². The number of nitrogens with zero attached hydrogens (tertiary/aromatic N) is 2. The number of aryl methyl sites for hydroxylation is 1. The Labute approximate surface area is 98.0 Å². The Bertz CT molecular complexity index is 280. The van der Waals surface area contributed by atoms with E-state index in [0.29, 0.717) is 6.04 Å². The third-order valence-electron chi connectivity index (χ3n) is 2.55. The van der Waals surface area contributed by atoms with Crippen LogP contribution in [0, 0.1) is 0 Å². The summed E-state index contributed by atoms with van der Waals surface area (Å²) in [6.45, 7) is 6.92. The van der Waals surface area contributed by atoms with E-state index in [0.717, 1.165) is 32.5 Å². The van der Waals surface area contributed by atoms with E-state index in [2.05, 4.69) is 28.7 Å². The number of hydrogen-bond donors (Lipinski definition) is 1. The van der Waals surface area contributed by atoms with E-state index in [4.69, 9.17) is 4.74 Å². The van der Waals surface area contributed by atoms with Gasteiger partial charge in [0.2, 0.25) is 0 Å². The minimum absolute atomic E-state index is 0.361. The lowest BCUT2D eigenvalue weighted by Crippen LogP contribution is -2.37. The fourth-order valence-electron chi connectivity index (χ4n) is 1.86. The summed E-state index contributed by atoms with van der Waals surface area (Å²) in [6, 6.07) is 0.361. The number of ether oxygens (including phenoxy) is 1. The van der Waals surface area contributed by atoms with Crippen molar-refractivity contribution in [2.24, 2.45) is 0 Å². The average Bonchev–Trinajstić information content (AvgIpc) is 2.67. The van der Waals surface area contributed by atoms with Gasteiger partial charge in [0.15, 0.2) is 0 Å². The number of imidazole rings is 1. The lowest BCUT2D eigenvalue weighted by Gasteiger charge is -2.18. The predicted octanol–water partition coefficient (Wildman–Crippen LogP) is 1.46. The second-order valence-electron chi connectivity index (χ2n) is 3.96. The largest absolute Gasteiger partial charge is 0.383 e. The van der Waals surface area contributed by atoms with Gasteiger partial charge in [-0.1, -0.05) is 13.8 Å². The van der Waals surface area contributed by atoms with Crippen molar-refractivity contribution in [3.8, 4) is 0 Å². The van der Waals surface area contributed by atoms with Gasteiger partial charge in [-0.3, -0.25) is 0 Å². The van der Waals surface area contributed by atoms with Gasteiger partial charge in [0.25, 0.3) is 0 Å². The van der Waals surface area contributed by atoms with Gasteiger partial charge in [-0.2, -0.15) is 0 Å². The molecule has 0 spiro atoms. The third kappa shape index (κ3) is 3.94. The molecule has 92 valence electrons. The summed E-state index contributed by atoms with van der Waals surface area (Å²) in [7, 11) is 1.74. The first-order chi connectivity index (χ1) is 7.81. The van der Waals surface area contributed by atoms with Gasteiger partial charge in [0, 0.05) is 38.5 Å². The van der Waals surface area contributed by atoms with Crippen molar-refractivity contribution >= 4 is 0 Å². The highest BCUT2D eigenvalue weighted by atomic mass is 16.5. The van der Waals surface area contributed by atoms with Gasteiger partial charge in [-0.15, -0.1) is 0 Å². The molecule has 1 aromatic rings. The number of methoxy groups -OCH3 is 1. The summed E-state index contributed by atoms with van der Waals surface area (Å²) in [5, 5.41) is 3.42. The van der Waals surface area contributed by atoms with Crippen LogP contribution >= 0.6 is 0 Å². The Balaban J connectivity index is 2.57. The van der Waals surface area contributed by atoms with E-state index in [1.165, 1.54) is 5.82 Å². The molecule has 0 amide bonds. The molecule has 0 aliphatic carbocycles. The molecule has 1 atom stereocenters. The van der Waals surface area contributed by atoms with Crippen molar-refractivity contribution in [2.75, 3.05) is 20.3 Å². The Morgan fingerprint density at radius 3 is 2.94 bits per heavy atom. The zero-order valence-corrected chi connectivity index (χ0v) is 10.6. The molecule has 0 saturated carbocycles. The second-order valence-corrected chi connectivity index (χ2v) is 3.96. The Morgan fingerprint density at radius 2 is 2.31 bits per heavy atom. The zero-order valence-electron chi connectivity index (χ0n) is 10.6. The van der Waals surface area contributed by atoms with E-state index in [9.17, 15) is 0 Å². The molecular formula is C12H23N3O. The van der Waals surface area contributed by atoms with Crippen LogP contribution in [0.2, 0.25) is 0 Å². The molecule has 1 N–H and O–H groups in total. The standard InChI is InChI=1S/C12H23N3O/c1-4-6-12-14-7-8-15(12)9-11(10-16-3)13-5-2/h7-8,11,13H,4-6,9-10H2,1-3H3. The monoisotopic (exact) mass is 225 g/mol. The molecule has 0 aliphatic rings. The summed E-state index contributed by atoms with van der Waals surface area (Å²) < 4.78 is 7.43. The molecule has 0 aliphatic heterocycles. The quantitative estimate of drug-likeness (QED) is 0.728. The maximum Gasteiger partial charge on any atom is 0.108 e. The summed E-state index contributed by atoms with van der Waals surface area (Å²) in [5.41, 5.74) is 0. The molecule has 4 heteroatoms. The van der Waals surface area contributed by atoms with Crippen LogP contribution in [0.5, 0.6) is 0 Å². The van der Waals surface area contributed by atoms with Crippen molar-refractivity contribution < 1.29 is 4.74 Å². The predicted molar refractivity (Wildman–Crippen MR) is 65.6 cm³/mol. The molecule has 16 heavy (non-hydrogen) atoms. The average molecular weight is 225 g/mol. The van der Waals surface area contributed by atoms with E-state index < -0.39 is 0 Å². The third-order valence-corrected chi connectivity index (χ3v) is 2.55. The van der Waals surface area contributed by atoms with Crippen LogP contribution in [0.4, 0.5) is 0 Å². The van der Waals surface area contributed by atoms with Crippen LogP contribution in [-0.2, 0) is 17.7 Å². The summed E-state index contributed by atoms with van der Waals surface area (Å²) >= 11 is 0. The number of rotatable bonds is 8. The zero-order chi connectivity index (χ0) is 11.8. The number of hydrogen-bond acceptors (Lipinski definition) is 3. The normalized spacial score (nSPS) is 12.9. The molecule has 0 saturated heterocycles. The van der Waals surface area contributed by atoms with Crippen LogP contribution in [0.1, 0.15) is 26.1 Å². The van der Waals surface area contributed by atoms with Gasteiger partial charge in [0.05, 0.1) is 6.61 Å². The Morgan fingerprint density at radius 1 is 1.50 bits per heavy atom. The van der Waals surface area contributed by atoms with Gasteiger partial charge >= 0.3 is 0 Å². The van der Waals surface area contributed by atoms with Gasteiger partial charge in [-0.05, 0) is 13.0 Å². The molecule has 4 nitrogen and oxygen atoms in total. The van der Waals surface area contributed by atoms with E-state index in [1.54, 1.807) is 7.11 Å². The van der Waals surface area contributed by atoms with Crippen molar-refractivity contribution in [1.29, 1.82) is 0 Å². The van der Waals surface area contributed by atoms with Gasteiger partial charge in [-0.25, -0.2) is 4.98 Å². The highest BCUT2D eigenvalue weighted by Gasteiger charge is 2.10. The van der Waals surface area contributed by atoms with Crippen molar-refractivity contribution in [2.45, 2.75) is 39.3 Å². The summed E-state index contributed by atoms with van der Waals surface area (Å²) in [4.78, 5) is 4.37. The lowest BCUT2D eigenvalue weighted by atomic mass is 10.2. The fraction of sp³-hybridized carbons (Fsp3) is 0.750. The molecule has 1 aromatic heterocycles. The molecule has 0 radical (unpaired) electrons. The highest BCUT2D eigenvalue weighted by Crippen LogP contribution is 2.03. The molecule has 1 unspecified atom stereocenters. The van der Waals surface area contributed by atoms with Crippen LogP contribution in [-0.4, -0.2) is 35.9 Å². The van der Waals surface area contributed by atoms with E-state index in [-0.39, 0.29) is 0 Å². The second kappa shape index (κ2) is 7.41. The minimum atomic E-state index is 0.361. The first kappa shape index (κ1) is 13.2. The maximum atomic E-state index is 5.21. The summed E-state index contributed by atoms with van der Waals surface area (Å²) in [5.74, 6) is 1.17. The molecule has 0 fully saturated rings. The molecule has 0 bridgehead atoms. The Kier molecular flexibility index (Phi) is 6.11. The topological polar surface area (TPSA) is 39.1 Å². The maximum absolute atomic E-state index is 5.21. The smallest absolute Gasteiger partial charge is 0.108 e. The van der Waals surface area contributed by atoms with E-state index in [1.807, 2.05) is 12.4 Å². The Hall–Kier alpha value is -0.870. The van der Waals surface area contributed by atoms with Gasteiger partial charge in [0.1, 0.15) is 5.82 Å². The molecular weight excluding hydrogens is 202 g/mol. The first-order valence-corrected chi connectivity index (χ1v) is 6.04.